The first-order valence-electron chi connectivity index (χ1n) is 9.12. The molecule has 4 nitrogen and oxygen atoms in total. The summed E-state index contributed by atoms with van der Waals surface area (Å²) in [5, 5.41) is 0. The summed E-state index contributed by atoms with van der Waals surface area (Å²) < 4.78 is 16.6. The van der Waals surface area contributed by atoms with Crippen molar-refractivity contribution in [1.29, 1.82) is 0 Å². The molecule has 3 aromatic rings. The molecule has 0 aliphatic carbocycles. The maximum absolute atomic E-state index is 11.9. The van der Waals surface area contributed by atoms with Gasteiger partial charge in [0.25, 0.3) is 0 Å². The van der Waals surface area contributed by atoms with E-state index in [4.69, 9.17) is 14.2 Å². The van der Waals surface area contributed by atoms with Gasteiger partial charge in [-0.05, 0) is 54.8 Å². The predicted octanol–water partition coefficient (Wildman–Crippen LogP) is 5.26. The maximum atomic E-state index is 11.9. The van der Waals surface area contributed by atoms with Gasteiger partial charge in [-0.3, -0.25) is 0 Å². The van der Waals surface area contributed by atoms with Crippen LogP contribution < -0.4 is 9.47 Å². The Morgan fingerprint density at radius 1 is 0.821 bits per heavy atom. The second-order valence-corrected chi connectivity index (χ2v) is 6.93. The number of methoxy groups -OCH3 is 1. The predicted molar refractivity (Wildman–Crippen MR) is 109 cm³/mol. The normalized spacial score (nSPS) is 11.0. The Morgan fingerprint density at radius 2 is 1.43 bits per heavy atom. The fraction of sp³-hybridized carbons (Fsp3) is 0.208. The fourth-order valence-electron chi connectivity index (χ4n) is 2.83. The Labute approximate surface area is 165 Å². The molecule has 28 heavy (non-hydrogen) atoms. The lowest BCUT2D eigenvalue weighted by Crippen LogP contribution is -2.39. The van der Waals surface area contributed by atoms with Gasteiger partial charge in [0.1, 0.15) is 18.1 Å². The van der Waals surface area contributed by atoms with Crippen LogP contribution in [0.15, 0.2) is 78.9 Å². The molecule has 144 valence electrons. The Balaban J connectivity index is 1.76. The zero-order valence-electron chi connectivity index (χ0n) is 16.3. The highest BCUT2D eigenvalue weighted by atomic mass is 16.6. The fourth-order valence-corrected chi connectivity index (χ4v) is 2.83. The van der Waals surface area contributed by atoms with Crippen LogP contribution in [0.5, 0.6) is 11.5 Å². The molecule has 0 spiro atoms. The number of benzene rings is 3. The third-order valence-corrected chi connectivity index (χ3v) is 4.30. The lowest BCUT2D eigenvalue weighted by Gasteiger charge is -2.23. The average Bonchev–Trinajstić information content (AvgIpc) is 2.72. The summed E-state index contributed by atoms with van der Waals surface area (Å²) in [7, 11) is 1.35. The number of ether oxygens (including phenoxy) is 3. The van der Waals surface area contributed by atoms with Crippen LogP contribution in [0.1, 0.15) is 19.4 Å². The highest BCUT2D eigenvalue weighted by Crippen LogP contribution is 2.29. The Kier molecular flexibility index (Phi) is 5.99. The van der Waals surface area contributed by atoms with Gasteiger partial charge in [-0.1, -0.05) is 54.6 Å². The Morgan fingerprint density at radius 3 is 2.07 bits per heavy atom. The number of carbonyl (C=O) groups excluding carboxylic acids is 1. The minimum absolute atomic E-state index is 0.422. The van der Waals surface area contributed by atoms with E-state index in [1.165, 1.54) is 7.11 Å². The van der Waals surface area contributed by atoms with Gasteiger partial charge < -0.3 is 14.2 Å². The first kappa shape index (κ1) is 19.5. The molecule has 0 amide bonds. The van der Waals surface area contributed by atoms with Crippen LogP contribution >= 0.6 is 0 Å². The number of esters is 1. The van der Waals surface area contributed by atoms with Crippen LogP contribution in [0.3, 0.4) is 0 Å². The number of hydrogen-bond donors (Lipinski definition) is 0. The third-order valence-electron chi connectivity index (χ3n) is 4.30. The van der Waals surface area contributed by atoms with E-state index in [0.29, 0.717) is 12.4 Å². The standard InChI is InChI=1S/C24H24O4/c1-24(2,23(25)26-3)28-22-14-8-12-20(16-22)19-11-7-13-21(15-19)27-17-18-9-5-4-6-10-18/h4-16H,17H2,1-3H3. The quantitative estimate of drug-likeness (QED) is 0.528. The van der Waals surface area contributed by atoms with Gasteiger partial charge in [-0.25, -0.2) is 4.79 Å². The highest BCUT2D eigenvalue weighted by molar-refractivity contribution is 5.79. The zero-order chi connectivity index (χ0) is 20.0. The molecular formula is C24H24O4. The molecule has 3 aromatic carbocycles. The van der Waals surface area contributed by atoms with Crippen LogP contribution in [-0.4, -0.2) is 18.7 Å². The van der Waals surface area contributed by atoms with E-state index in [9.17, 15) is 4.79 Å². The van der Waals surface area contributed by atoms with Crippen molar-refractivity contribution in [3.05, 3.63) is 84.4 Å². The van der Waals surface area contributed by atoms with Gasteiger partial charge in [0, 0.05) is 0 Å². The van der Waals surface area contributed by atoms with Crippen molar-refractivity contribution >= 4 is 5.97 Å². The average molecular weight is 376 g/mol. The van der Waals surface area contributed by atoms with Crippen molar-refractivity contribution in [2.75, 3.05) is 7.11 Å². The van der Waals surface area contributed by atoms with Gasteiger partial charge in [0.15, 0.2) is 5.60 Å². The van der Waals surface area contributed by atoms with Gasteiger partial charge >= 0.3 is 5.97 Å². The summed E-state index contributed by atoms with van der Waals surface area (Å²) in [5.41, 5.74) is 2.04. The molecule has 4 heteroatoms. The number of rotatable bonds is 7. The molecular weight excluding hydrogens is 352 g/mol. The van der Waals surface area contributed by atoms with Gasteiger partial charge in [-0.15, -0.1) is 0 Å². The minimum Gasteiger partial charge on any atom is -0.489 e. The molecule has 0 atom stereocenters. The molecule has 0 saturated heterocycles. The van der Waals surface area contributed by atoms with Crippen molar-refractivity contribution in [2.24, 2.45) is 0 Å². The van der Waals surface area contributed by atoms with Crippen LogP contribution in [0.4, 0.5) is 0 Å². The SMILES string of the molecule is COC(=O)C(C)(C)Oc1cccc(-c2cccc(OCc3ccccc3)c2)c1. The van der Waals surface area contributed by atoms with Crippen LogP contribution in [0.25, 0.3) is 11.1 Å². The first-order chi connectivity index (χ1) is 13.5. The molecule has 0 aliphatic rings. The summed E-state index contributed by atoms with van der Waals surface area (Å²) in [5.74, 6) is 0.972. The summed E-state index contributed by atoms with van der Waals surface area (Å²) in [4.78, 5) is 11.9. The monoisotopic (exact) mass is 376 g/mol. The lowest BCUT2D eigenvalue weighted by molar-refractivity contribution is -0.156. The molecule has 0 bridgehead atoms. The van der Waals surface area contributed by atoms with E-state index < -0.39 is 11.6 Å². The lowest BCUT2D eigenvalue weighted by atomic mass is 10.0. The van der Waals surface area contributed by atoms with Gasteiger partial charge in [0.2, 0.25) is 0 Å². The summed E-state index contributed by atoms with van der Waals surface area (Å²) in [6.07, 6.45) is 0. The van der Waals surface area contributed by atoms with E-state index >= 15 is 0 Å². The summed E-state index contributed by atoms with van der Waals surface area (Å²) >= 11 is 0. The smallest absolute Gasteiger partial charge is 0.349 e. The molecule has 0 unspecified atom stereocenters. The first-order valence-corrected chi connectivity index (χ1v) is 9.12. The molecule has 0 N–H and O–H groups in total. The Bertz CT molecular complexity index is 932. The Hall–Kier alpha value is -3.27. The zero-order valence-corrected chi connectivity index (χ0v) is 16.3. The van der Waals surface area contributed by atoms with E-state index in [2.05, 4.69) is 0 Å². The topological polar surface area (TPSA) is 44.8 Å². The van der Waals surface area contributed by atoms with E-state index in [1.54, 1.807) is 13.8 Å². The molecule has 0 fully saturated rings. The third kappa shape index (κ3) is 4.92. The van der Waals surface area contributed by atoms with Crippen LogP contribution in [0, 0.1) is 0 Å². The summed E-state index contributed by atoms with van der Waals surface area (Å²) in [6, 6.07) is 25.6. The van der Waals surface area contributed by atoms with Crippen molar-refractivity contribution in [1.82, 2.24) is 0 Å². The second kappa shape index (κ2) is 8.61. The van der Waals surface area contributed by atoms with Crippen LogP contribution in [-0.2, 0) is 16.1 Å². The molecule has 3 rings (SSSR count). The molecule has 0 radical (unpaired) electrons. The van der Waals surface area contributed by atoms with Crippen molar-refractivity contribution in [3.8, 4) is 22.6 Å². The maximum Gasteiger partial charge on any atom is 0.349 e. The van der Waals surface area contributed by atoms with Crippen molar-refractivity contribution in [3.63, 3.8) is 0 Å². The van der Waals surface area contributed by atoms with Crippen LogP contribution in [0.2, 0.25) is 0 Å². The van der Waals surface area contributed by atoms with E-state index in [0.717, 1.165) is 22.4 Å². The molecule has 0 aliphatic heterocycles. The second-order valence-electron chi connectivity index (χ2n) is 6.93. The van der Waals surface area contributed by atoms with E-state index in [-0.39, 0.29) is 0 Å². The van der Waals surface area contributed by atoms with Gasteiger partial charge in [0.05, 0.1) is 7.11 Å². The number of carbonyl (C=O) groups is 1. The minimum atomic E-state index is -1.06. The highest BCUT2D eigenvalue weighted by Gasteiger charge is 2.31. The van der Waals surface area contributed by atoms with E-state index in [1.807, 2.05) is 78.9 Å². The van der Waals surface area contributed by atoms with Crippen molar-refractivity contribution in [2.45, 2.75) is 26.1 Å². The summed E-state index contributed by atoms with van der Waals surface area (Å²) in [6.45, 7) is 3.88. The van der Waals surface area contributed by atoms with Crippen molar-refractivity contribution < 1.29 is 19.0 Å². The molecule has 0 heterocycles. The molecule has 0 saturated carbocycles. The molecule has 0 aromatic heterocycles. The van der Waals surface area contributed by atoms with Gasteiger partial charge in [-0.2, -0.15) is 0 Å². The largest absolute Gasteiger partial charge is 0.489 e. The number of hydrogen-bond acceptors (Lipinski definition) is 4.